The molecule has 0 aromatic carbocycles. The summed E-state index contributed by atoms with van der Waals surface area (Å²) < 4.78 is 5.07. The van der Waals surface area contributed by atoms with Crippen LogP contribution in [0.4, 0.5) is 0 Å². The summed E-state index contributed by atoms with van der Waals surface area (Å²) in [6.45, 7) is 1.78. The molecule has 18 heavy (non-hydrogen) atoms. The Morgan fingerprint density at radius 2 is 2.22 bits per heavy atom. The van der Waals surface area contributed by atoms with Crippen LogP contribution in [-0.4, -0.2) is 34.5 Å². The van der Waals surface area contributed by atoms with E-state index in [-0.39, 0.29) is 29.5 Å². The number of carboxylic acid groups (broad SMARTS) is 1. The molecule has 0 bridgehead atoms. The highest BCUT2D eigenvalue weighted by atomic mass is 35.5. The number of hydrogen-bond acceptors (Lipinski definition) is 3. The van der Waals surface area contributed by atoms with E-state index in [2.05, 4.69) is 0 Å². The molecule has 2 rings (SSSR count). The second kappa shape index (κ2) is 5.02. The maximum absolute atomic E-state index is 12.2. The normalized spacial score (nSPS) is 16.3. The average molecular weight is 272 g/mol. The standard InChI is InChI=1S/C12H14ClNO4/c1-7(12(16)17)6-14(8-2-3-8)11(15)9-4-5-10(13)18-9/h4-5,7-8H,2-3,6H2,1H3,(H,16,17). The van der Waals surface area contributed by atoms with Gasteiger partial charge in [0.25, 0.3) is 5.91 Å². The number of hydrogen-bond donors (Lipinski definition) is 1. The fourth-order valence-electron chi connectivity index (χ4n) is 1.73. The van der Waals surface area contributed by atoms with Crippen LogP contribution in [0, 0.1) is 5.92 Å². The topological polar surface area (TPSA) is 70.8 Å². The summed E-state index contributed by atoms with van der Waals surface area (Å²) in [5.41, 5.74) is 0. The maximum Gasteiger partial charge on any atom is 0.308 e. The van der Waals surface area contributed by atoms with Crippen molar-refractivity contribution in [1.82, 2.24) is 4.90 Å². The number of aliphatic carboxylic acids is 1. The predicted octanol–water partition coefficient (Wildman–Crippen LogP) is 2.26. The molecule has 1 amide bonds. The van der Waals surface area contributed by atoms with Gasteiger partial charge in [0.05, 0.1) is 5.92 Å². The van der Waals surface area contributed by atoms with Gasteiger partial charge in [-0.05, 0) is 36.6 Å². The first kappa shape index (κ1) is 13.0. The molecule has 1 fully saturated rings. The molecule has 1 aromatic rings. The van der Waals surface area contributed by atoms with Gasteiger partial charge in [-0.3, -0.25) is 9.59 Å². The van der Waals surface area contributed by atoms with Gasteiger partial charge in [-0.15, -0.1) is 0 Å². The van der Waals surface area contributed by atoms with Crippen LogP contribution in [0.2, 0.25) is 5.22 Å². The van der Waals surface area contributed by atoms with Gasteiger partial charge in [-0.2, -0.15) is 0 Å². The Balaban J connectivity index is 2.10. The largest absolute Gasteiger partial charge is 0.481 e. The monoisotopic (exact) mass is 271 g/mol. The summed E-state index contributed by atoms with van der Waals surface area (Å²) in [6, 6.07) is 3.13. The highest BCUT2D eigenvalue weighted by Gasteiger charge is 2.35. The van der Waals surface area contributed by atoms with E-state index in [4.69, 9.17) is 21.1 Å². The van der Waals surface area contributed by atoms with Gasteiger partial charge in [0.2, 0.25) is 0 Å². The molecule has 1 unspecified atom stereocenters. The number of carbonyl (C=O) groups is 2. The highest BCUT2D eigenvalue weighted by molar-refractivity contribution is 6.29. The third-order valence-corrected chi connectivity index (χ3v) is 3.13. The Morgan fingerprint density at radius 3 is 2.67 bits per heavy atom. The number of amides is 1. The third-order valence-electron chi connectivity index (χ3n) is 2.92. The van der Waals surface area contributed by atoms with E-state index in [1.165, 1.54) is 12.1 Å². The molecule has 0 radical (unpaired) electrons. The second-order valence-corrected chi connectivity index (χ2v) is 4.90. The summed E-state index contributed by atoms with van der Waals surface area (Å²) in [5.74, 6) is -1.65. The molecular formula is C12H14ClNO4. The number of furan rings is 1. The van der Waals surface area contributed by atoms with Crippen LogP contribution in [-0.2, 0) is 4.79 Å². The Bertz CT molecular complexity index is 466. The summed E-state index contributed by atoms with van der Waals surface area (Å²) in [6.07, 6.45) is 1.82. The van der Waals surface area contributed by atoms with Crippen molar-refractivity contribution in [3.63, 3.8) is 0 Å². The smallest absolute Gasteiger partial charge is 0.308 e. The summed E-state index contributed by atoms with van der Waals surface area (Å²) in [5, 5.41) is 9.06. The first-order valence-corrected chi connectivity index (χ1v) is 6.16. The molecule has 98 valence electrons. The first-order chi connectivity index (χ1) is 8.49. The Kier molecular flexibility index (Phi) is 3.61. The summed E-state index contributed by atoms with van der Waals surface area (Å²) >= 11 is 5.63. The van der Waals surface area contributed by atoms with E-state index < -0.39 is 11.9 Å². The minimum Gasteiger partial charge on any atom is -0.481 e. The molecule has 1 aromatic heterocycles. The molecule has 1 aliphatic carbocycles. The lowest BCUT2D eigenvalue weighted by atomic mass is 10.1. The fourth-order valence-corrected chi connectivity index (χ4v) is 1.87. The van der Waals surface area contributed by atoms with Crippen molar-refractivity contribution in [3.8, 4) is 0 Å². The molecule has 6 heteroatoms. The fraction of sp³-hybridized carbons (Fsp3) is 0.500. The number of rotatable bonds is 5. The molecule has 5 nitrogen and oxygen atoms in total. The number of carboxylic acids is 1. The van der Waals surface area contributed by atoms with Crippen LogP contribution < -0.4 is 0 Å². The van der Waals surface area contributed by atoms with Crippen LogP contribution in [0.1, 0.15) is 30.3 Å². The zero-order valence-electron chi connectivity index (χ0n) is 9.93. The van der Waals surface area contributed by atoms with E-state index in [0.29, 0.717) is 0 Å². The van der Waals surface area contributed by atoms with Crippen molar-refractivity contribution >= 4 is 23.5 Å². The van der Waals surface area contributed by atoms with Crippen LogP contribution in [0.3, 0.4) is 0 Å². The molecule has 1 N–H and O–H groups in total. The number of carbonyl (C=O) groups excluding carboxylic acids is 1. The lowest BCUT2D eigenvalue weighted by Gasteiger charge is -2.23. The first-order valence-electron chi connectivity index (χ1n) is 5.78. The van der Waals surface area contributed by atoms with Gasteiger partial charge >= 0.3 is 5.97 Å². The maximum atomic E-state index is 12.2. The summed E-state index contributed by atoms with van der Waals surface area (Å²) in [7, 11) is 0. The highest BCUT2D eigenvalue weighted by Crippen LogP contribution is 2.29. The van der Waals surface area contributed by atoms with E-state index in [0.717, 1.165) is 12.8 Å². The minimum atomic E-state index is -0.911. The van der Waals surface area contributed by atoms with Crippen LogP contribution >= 0.6 is 11.6 Å². The minimum absolute atomic E-state index is 0.128. The predicted molar refractivity (Wildman–Crippen MR) is 64.6 cm³/mol. The van der Waals surface area contributed by atoms with E-state index >= 15 is 0 Å². The van der Waals surface area contributed by atoms with E-state index in [1.54, 1.807) is 11.8 Å². The number of halogens is 1. The molecule has 0 spiro atoms. The van der Waals surface area contributed by atoms with Crippen LogP contribution in [0.15, 0.2) is 16.5 Å². The van der Waals surface area contributed by atoms with Crippen molar-refractivity contribution in [2.45, 2.75) is 25.8 Å². The molecular weight excluding hydrogens is 258 g/mol. The van der Waals surface area contributed by atoms with Crippen LogP contribution in [0.25, 0.3) is 0 Å². The van der Waals surface area contributed by atoms with Gasteiger partial charge in [0.1, 0.15) is 0 Å². The van der Waals surface area contributed by atoms with Gasteiger partial charge < -0.3 is 14.4 Å². The Hall–Kier alpha value is -1.49. The third kappa shape index (κ3) is 2.85. The lowest BCUT2D eigenvalue weighted by molar-refractivity contribution is -0.141. The average Bonchev–Trinajstić information content (AvgIpc) is 3.07. The zero-order valence-corrected chi connectivity index (χ0v) is 10.7. The van der Waals surface area contributed by atoms with Gasteiger partial charge in [0, 0.05) is 12.6 Å². The molecule has 1 aliphatic rings. The number of nitrogens with zero attached hydrogens (tertiary/aromatic N) is 1. The van der Waals surface area contributed by atoms with Crippen molar-refractivity contribution in [2.24, 2.45) is 5.92 Å². The van der Waals surface area contributed by atoms with E-state index in [1.807, 2.05) is 0 Å². The van der Waals surface area contributed by atoms with Gasteiger partial charge in [-0.1, -0.05) is 6.92 Å². The van der Waals surface area contributed by atoms with Crippen molar-refractivity contribution in [3.05, 3.63) is 23.1 Å². The molecule has 1 atom stereocenters. The molecule has 1 heterocycles. The zero-order chi connectivity index (χ0) is 13.3. The Labute approximate surface area is 109 Å². The SMILES string of the molecule is CC(CN(C(=O)c1ccc(Cl)o1)C1CC1)C(=O)O. The molecule has 0 saturated heterocycles. The lowest BCUT2D eigenvalue weighted by Crippen LogP contribution is -2.38. The van der Waals surface area contributed by atoms with Crippen molar-refractivity contribution in [1.29, 1.82) is 0 Å². The van der Waals surface area contributed by atoms with Crippen molar-refractivity contribution in [2.75, 3.05) is 6.54 Å². The quantitative estimate of drug-likeness (QED) is 0.892. The van der Waals surface area contributed by atoms with E-state index in [9.17, 15) is 9.59 Å². The summed E-state index contributed by atoms with van der Waals surface area (Å²) in [4.78, 5) is 24.6. The second-order valence-electron chi connectivity index (χ2n) is 4.53. The van der Waals surface area contributed by atoms with Crippen molar-refractivity contribution < 1.29 is 19.1 Å². The van der Waals surface area contributed by atoms with Crippen LogP contribution in [0.5, 0.6) is 0 Å². The van der Waals surface area contributed by atoms with Gasteiger partial charge in [0.15, 0.2) is 11.0 Å². The molecule has 0 aliphatic heterocycles. The Morgan fingerprint density at radius 1 is 1.56 bits per heavy atom. The van der Waals surface area contributed by atoms with Gasteiger partial charge in [-0.25, -0.2) is 0 Å². The molecule has 1 saturated carbocycles.